The predicted octanol–water partition coefficient (Wildman–Crippen LogP) is 2.88. The molecule has 6 nitrogen and oxygen atoms in total. The standard InChI is InChI=1S/C22H29NO5/c1-12(2)17(11-24)23-20(25)9-16-13(3)15-8-14-6-7-22(4,5)28-18(14)10-19(15)27-21(16)26/h8,10,12,17,24H,6-7,9,11H2,1-5H3,(H,23,25)/t17-/m0/s1. The van der Waals surface area contributed by atoms with Gasteiger partial charge in [-0.25, -0.2) is 4.79 Å². The van der Waals surface area contributed by atoms with E-state index >= 15 is 0 Å². The van der Waals surface area contributed by atoms with Gasteiger partial charge in [0.15, 0.2) is 0 Å². The maximum Gasteiger partial charge on any atom is 0.340 e. The summed E-state index contributed by atoms with van der Waals surface area (Å²) in [7, 11) is 0. The van der Waals surface area contributed by atoms with Crippen LogP contribution in [0.15, 0.2) is 21.3 Å². The first-order valence-corrected chi connectivity index (χ1v) is 9.79. The Balaban J connectivity index is 1.95. The molecular formula is C22H29NO5. The Hall–Kier alpha value is -2.34. The smallest absolute Gasteiger partial charge is 0.340 e. The van der Waals surface area contributed by atoms with Gasteiger partial charge in [0.25, 0.3) is 0 Å². The second kappa shape index (κ2) is 7.59. The first-order chi connectivity index (χ1) is 13.1. The van der Waals surface area contributed by atoms with Gasteiger partial charge in [-0.05, 0) is 56.7 Å². The van der Waals surface area contributed by atoms with Crippen LogP contribution in [0.4, 0.5) is 0 Å². The van der Waals surface area contributed by atoms with E-state index < -0.39 is 5.63 Å². The lowest BCUT2D eigenvalue weighted by atomic mass is 9.92. The number of aliphatic hydroxyl groups excluding tert-OH is 1. The zero-order valence-corrected chi connectivity index (χ0v) is 17.2. The molecule has 3 rings (SSSR count). The maximum absolute atomic E-state index is 12.5. The first kappa shape index (κ1) is 20.4. The molecule has 2 aromatic rings. The molecule has 2 N–H and O–H groups in total. The van der Waals surface area contributed by atoms with Crippen LogP contribution in [0, 0.1) is 12.8 Å². The lowest BCUT2D eigenvalue weighted by Gasteiger charge is -2.32. The molecule has 0 fully saturated rings. The molecule has 6 heteroatoms. The number of amides is 1. The molecule has 0 saturated carbocycles. The van der Waals surface area contributed by atoms with Gasteiger partial charge in [-0.1, -0.05) is 13.8 Å². The number of ether oxygens (including phenoxy) is 1. The van der Waals surface area contributed by atoms with Crippen molar-refractivity contribution < 1.29 is 19.1 Å². The Morgan fingerprint density at radius 2 is 2.04 bits per heavy atom. The summed E-state index contributed by atoms with van der Waals surface area (Å²) in [6.45, 7) is 9.62. The summed E-state index contributed by atoms with van der Waals surface area (Å²) in [5.41, 5.74) is 1.90. The van der Waals surface area contributed by atoms with Crippen LogP contribution < -0.4 is 15.7 Å². The average molecular weight is 387 g/mol. The molecule has 0 aliphatic carbocycles. The minimum atomic E-state index is -0.514. The molecule has 1 aromatic carbocycles. The number of rotatable bonds is 5. The van der Waals surface area contributed by atoms with Crippen LogP contribution in [0.5, 0.6) is 5.75 Å². The summed E-state index contributed by atoms with van der Waals surface area (Å²) >= 11 is 0. The molecule has 0 unspecified atom stereocenters. The Kier molecular flexibility index (Phi) is 5.53. The van der Waals surface area contributed by atoms with Gasteiger partial charge >= 0.3 is 5.63 Å². The average Bonchev–Trinajstić information content (AvgIpc) is 2.61. The van der Waals surface area contributed by atoms with Gasteiger partial charge in [0, 0.05) is 11.5 Å². The van der Waals surface area contributed by atoms with E-state index in [0.717, 1.165) is 35.1 Å². The van der Waals surface area contributed by atoms with E-state index in [4.69, 9.17) is 9.15 Å². The Bertz CT molecular complexity index is 958. The zero-order valence-electron chi connectivity index (χ0n) is 17.2. The summed E-state index contributed by atoms with van der Waals surface area (Å²) in [4.78, 5) is 24.9. The third kappa shape index (κ3) is 4.07. The van der Waals surface area contributed by atoms with Gasteiger partial charge in [-0.15, -0.1) is 0 Å². The van der Waals surface area contributed by atoms with Crippen molar-refractivity contribution in [3.05, 3.63) is 39.2 Å². The van der Waals surface area contributed by atoms with Gasteiger partial charge in [0.1, 0.15) is 16.9 Å². The van der Waals surface area contributed by atoms with Crippen molar-refractivity contribution in [3.8, 4) is 5.75 Å². The number of nitrogens with one attached hydrogen (secondary N) is 1. The van der Waals surface area contributed by atoms with Crippen molar-refractivity contribution >= 4 is 16.9 Å². The third-order valence-corrected chi connectivity index (χ3v) is 5.54. The summed E-state index contributed by atoms with van der Waals surface area (Å²) in [5.74, 6) is 0.545. The third-order valence-electron chi connectivity index (χ3n) is 5.54. The lowest BCUT2D eigenvalue weighted by molar-refractivity contribution is -0.121. The Labute approximate surface area is 164 Å². The fourth-order valence-corrected chi connectivity index (χ4v) is 3.58. The summed E-state index contributed by atoms with van der Waals surface area (Å²) < 4.78 is 11.6. The van der Waals surface area contributed by atoms with E-state index in [9.17, 15) is 14.7 Å². The van der Waals surface area contributed by atoms with Crippen LogP contribution >= 0.6 is 0 Å². The quantitative estimate of drug-likeness (QED) is 0.770. The van der Waals surface area contributed by atoms with Crippen LogP contribution in [0.3, 0.4) is 0 Å². The van der Waals surface area contributed by atoms with Gasteiger partial charge < -0.3 is 19.6 Å². The molecule has 1 aliphatic heterocycles. The fourth-order valence-electron chi connectivity index (χ4n) is 3.58. The number of hydrogen-bond donors (Lipinski definition) is 2. The topological polar surface area (TPSA) is 88.8 Å². The summed E-state index contributed by atoms with van der Waals surface area (Å²) in [5, 5.41) is 13.0. The predicted molar refractivity (Wildman–Crippen MR) is 108 cm³/mol. The van der Waals surface area contributed by atoms with Gasteiger partial charge in [-0.3, -0.25) is 4.79 Å². The van der Waals surface area contributed by atoms with Crippen molar-refractivity contribution in [2.75, 3.05) is 6.61 Å². The highest BCUT2D eigenvalue weighted by Crippen LogP contribution is 2.36. The van der Waals surface area contributed by atoms with Crippen LogP contribution in [-0.2, 0) is 17.6 Å². The minimum absolute atomic E-state index is 0.0755. The Morgan fingerprint density at radius 1 is 1.32 bits per heavy atom. The highest BCUT2D eigenvalue weighted by atomic mass is 16.5. The van der Waals surface area contributed by atoms with E-state index in [1.807, 2.05) is 40.7 Å². The van der Waals surface area contributed by atoms with Crippen molar-refractivity contribution in [2.45, 2.75) is 65.5 Å². The van der Waals surface area contributed by atoms with E-state index in [2.05, 4.69) is 5.32 Å². The number of fused-ring (bicyclic) bond motifs is 2. The molecule has 0 saturated heterocycles. The minimum Gasteiger partial charge on any atom is -0.487 e. The molecule has 0 bridgehead atoms. The number of aryl methyl sites for hydroxylation is 2. The van der Waals surface area contributed by atoms with E-state index in [1.54, 1.807) is 6.07 Å². The summed E-state index contributed by atoms with van der Waals surface area (Å²) in [6.07, 6.45) is 1.72. The monoisotopic (exact) mass is 387 g/mol. The van der Waals surface area contributed by atoms with E-state index in [1.165, 1.54) is 0 Å². The molecule has 1 aliphatic rings. The molecule has 2 heterocycles. The number of carbonyl (C=O) groups excluding carboxylic acids is 1. The van der Waals surface area contributed by atoms with Crippen molar-refractivity contribution in [3.63, 3.8) is 0 Å². The Morgan fingerprint density at radius 3 is 2.68 bits per heavy atom. The highest BCUT2D eigenvalue weighted by molar-refractivity contribution is 5.86. The second-order valence-corrected chi connectivity index (χ2v) is 8.59. The SMILES string of the molecule is Cc1c(CC(=O)N[C@@H](CO)C(C)C)c(=O)oc2cc3c(cc12)CCC(C)(C)O3. The van der Waals surface area contributed by atoms with Gasteiger partial charge in [0.05, 0.1) is 24.6 Å². The van der Waals surface area contributed by atoms with Crippen LogP contribution in [0.2, 0.25) is 0 Å². The van der Waals surface area contributed by atoms with Crippen molar-refractivity contribution in [2.24, 2.45) is 5.92 Å². The fraction of sp³-hybridized carbons (Fsp3) is 0.545. The van der Waals surface area contributed by atoms with Crippen LogP contribution in [0.1, 0.15) is 50.8 Å². The number of carbonyl (C=O) groups is 1. The molecule has 152 valence electrons. The second-order valence-electron chi connectivity index (χ2n) is 8.59. The molecule has 0 spiro atoms. The molecule has 1 atom stereocenters. The maximum atomic E-state index is 12.5. The highest BCUT2D eigenvalue weighted by Gasteiger charge is 2.28. The molecular weight excluding hydrogens is 358 g/mol. The summed E-state index contributed by atoms with van der Waals surface area (Å²) in [6, 6.07) is 3.45. The van der Waals surface area contributed by atoms with Crippen LogP contribution in [-0.4, -0.2) is 29.3 Å². The van der Waals surface area contributed by atoms with E-state index in [0.29, 0.717) is 11.1 Å². The van der Waals surface area contributed by atoms with Gasteiger partial charge in [-0.2, -0.15) is 0 Å². The van der Waals surface area contributed by atoms with Crippen molar-refractivity contribution in [1.82, 2.24) is 5.32 Å². The van der Waals surface area contributed by atoms with E-state index in [-0.39, 0.29) is 36.5 Å². The molecule has 1 amide bonds. The number of benzene rings is 1. The number of aliphatic hydroxyl groups is 1. The van der Waals surface area contributed by atoms with Crippen LogP contribution in [0.25, 0.3) is 11.0 Å². The first-order valence-electron chi connectivity index (χ1n) is 9.79. The van der Waals surface area contributed by atoms with Crippen molar-refractivity contribution in [1.29, 1.82) is 0 Å². The van der Waals surface area contributed by atoms with Gasteiger partial charge in [0.2, 0.25) is 5.91 Å². The zero-order chi connectivity index (χ0) is 20.6. The number of hydrogen-bond acceptors (Lipinski definition) is 5. The normalized spacial score (nSPS) is 16.5. The molecule has 28 heavy (non-hydrogen) atoms. The molecule has 1 aromatic heterocycles. The lowest BCUT2D eigenvalue weighted by Crippen LogP contribution is -2.42. The molecule has 0 radical (unpaired) electrons. The largest absolute Gasteiger partial charge is 0.487 e.